The zero-order valence-electron chi connectivity index (χ0n) is 33.3. The van der Waals surface area contributed by atoms with Crippen molar-refractivity contribution in [2.75, 3.05) is 19.8 Å². The van der Waals surface area contributed by atoms with Crippen LogP contribution in [0.5, 0.6) is 11.6 Å². The number of hydrogen-bond acceptors (Lipinski definition) is 11. The molecule has 2 bridgehead atoms. The molecule has 4 aliphatic carbocycles. The molecule has 1 saturated heterocycles. The molecule has 0 radical (unpaired) electrons. The van der Waals surface area contributed by atoms with Crippen LogP contribution in [0.2, 0.25) is 0 Å². The molecule has 16 heteroatoms. The fourth-order valence-electron chi connectivity index (χ4n) is 9.61. The summed E-state index contributed by atoms with van der Waals surface area (Å²) in [5, 5.41) is 15.6. The van der Waals surface area contributed by atoms with Gasteiger partial charge in [-0.05, 0) is 94.6 Å². The molecule has 0 spiro atoms. The molecule has 2 aliphatic heterocycles. The Morgan fingerprint density at radius 2 is 1.81 bits per heavy atom. The number of allylic oxidation sites excluding steroid dienone is 2. The molecule has 6 aliphatic rings. The highest BCUT2D eigenvalue weighted by atomic mass is 32.2. The lowest BCUT2D eigenvalue weighted by molar-refractivity contribution is -0.142. The fourth-order valence-corrected chi connectivity index (χ4v) is 11.0. The maximum atomic E-state index is 14.9. The number of aliphatic hydroxyl groups is 1. The van der Waals surface area contributed by atoms with Crippen LogP contribution in [-0.2, 0) is 35.6 Å². The van der Waals surface area contributed by atoms with Gasteiger partial charge in [0, 0.05) is 17.7 Å². The van der Waals surface area contributed by atoms with Crippen LogP contribution < -0.4 is 24.8 Å². The molecule has 4 N–H and O–H groups in total. The third-order valence-corrected chi connectivity index (χ3v) is 14.9. The Kier molecular flexibility index (Phi) is 11.9. The molecule has 2 aromatic rings. The lowest BCUT2D eigenvalue weighted by Gasteiger charge is -2.32. The van der Waals surface area contributed by atoms with E-state index >= 15 is 0 Å². The van der Waals surface area contributed by atoms with E-state index in [0.717, 1.165) is 50.3 Å². The number of amides is 4. The Balaban J connectivity index is 1.16. The van der Waals surface area contributed by atoms with E-state index in [0.29, 0.717) is 48.9 Å². The van der Waals surface area contributed by atoms with Crippen molar-refractivity contribution >= 4 is 44.7 Å². The van der Waals surface area contributed by atoms with Gasteiger partial charge in [0.05, 0.1) is 29.5 Å². The van der Waals surface area contributed by atoms with E-state index in [-0.39, 0.29) is 56.4 Å². The number of para-hydroxylation sites is 1. The van der Waals surface area contributed by atoms with Crippen LogP contribution in [-0.4, -0.2) is 102 Å². The molecule has 4 amide bonds. The van der Waals surface area contributed by atoms with Crippen LogP contribution in [0.1, 0.15) is 89.0 Å². The van der Waals surface area contributed by atoms with Gasteiger partial charge in [0.25, 0.3) is 5.91 Å². The van der Waals surface area contributed by atoms with Crippen molar-refractivity contribution in [2.24, 2.45) is 17.8 Å². The molecule has 318 valence electrons. The topological polar surface area (TPSA) is 203 Å². The van der Waals surface area contributed by atoms with Crippen LogP contribution in [0.4, 0.5) is 4.79 Å². The van der Waals surface area contributed by atoms with Crippen LogP contribution in [0.15, 0.2) is 49.1 Å². The third-order valence-electron chi connectivity index (χ3n) is 13.1. The molecule has 15 nitrogen and oxygen atoms in total. The van der Waals surface area contributed by atoms with Crippen molar-refractivity contribution in [1.29, 1.82) is 0 Å². The number of pyridine rings is 1. The van der Waals surface area contributed by atoms with E-state index in [4.69, 9.17) is 19.2 Å². The number of nitrogens with one attached hydrogen (secondary N) is 3. The normalized spacial score (nSPS) is 30.2. The highest BCUT2D eigenvalue weighted by Crippen LogP contribution is 2.46. The van der Waals surface area contributed by atoms with Crippen LogP contribution in [0.3, 0.4) is 0 Å². The van der Waals surface area contributed by atoms with E-state index in [1.807, 2.05) is 30.3 Å². The van der Waals surface area contributed by atoms with Crippen LogP contribution in [0.25, 0.3) is 10.9 Å². The first-order chi connectivity index (χ1) is 28.5. The quantitative estimate of drug-likeness (QED) is 0.253. The van der Waals surface area contributed by atoms with Crippen LogP contribution in [0, 0.1) is 17.8 Å². The summed E-state index contributed by atoms with van der Waals surface area (Å²) in [7, 11) is -3.92. The Morgan fingerprint density at radius 1 is 1.03 bits per heavy atom. The number of ether oxygens (including phenoxy) is 3. The van der Waals surface area contributed by atoms with Crippen molar-refractivity contribution in [3.8, 4) is 11.6 Å². The second-order valence-electron chi connectivity index (χ2n) is 17.0. The Hall–Kier alpha value is -4.70. The summed E-state index contributed by atoms with van der Waals surface area (Å²) in [6.45, 7) is 3.60. The largest absolute Gasteiger partial charge is 0.490 e. The summed E-state index contributed by atoms with van der Waals surface area (Å²) in [4.78, 5) is 63.2. The molecule has 4 saturated carbocycles. The number of carbonyl (C=O) groups is 4. The first-order valence-corrected chi connectivity index (χ1v) is 22.8. The van der Waals surface area contributed by atoms with E-state index in [1.54, 1.807) is 0 Å². The van der Waals surface area contributed by atoms with Crippen molar-refractivity contribution in [2.45, 2.75) is 125 Å². The molecule has 1 aromatic carbocycles. The average Bonchev–Trinajstić information content (AvgIpc) is 4.01. The zero-order chi connectivity index (χ0) is 41.3. The van der Waals surface area contributed by atoms with Gasteiger partial charge < -0.3 is 34.9 Å². The predicted octanol–water partition coefficient (Wildman–Crippen LogP) is 3.97. The van der Waals surface area contributed by atoms with Gasteiger partial charge in [-0.3, -0.25) is 19.1 Å². The summed E-state index contributed by atoms with van der Waals surface area (Å²) in [5.41, 5.74) is -0.318. The van der Waals surface area contributed by atoms with Crippen LogP contribution >= 0.6 is 0 Å². The minimum Gasteiger partial charge on any atom is -0.490 e. The summed E-state index contributed by atoms with van der Waals surface area (Å²) in [6.07, 6.45) is 12.7. The number of benzene rings is 1. The number of aromatic nitrogens is 1. The second kappa shape index (κ2) is 17.1. The van der Waals surface area contributed by atoms with Gasteiger partial charge in [-0.15, -0.1) is 6.58 Å². The summed E-state index contributed by atoms with van der Waals surface area (Å²) >= 11 is 0. The summed E-state index contributed by atoms with van der Waals surface area (Å²) in [6, 6.07) is 5.34. The first-order valence-electron chi connectivity index (χ1n) is 21.3. The number of fused-ring (bicyclic) bond motifs is 5. The van der Waals surface area contributed by atoms with Gasteiger partial charge in [0.15, 0.2) is 0 Å². The average molecular weight is 834 g/mol. The number of hydrogen-bond donors (Lipinski definition) is 4. The smallest absolute Gasteiger partial charge is 0.408 e. The molecular formula is C43H55N5O10S. The fraction of sp³-hybridized carbons (Fsp3) is 0.605. The Bertz CT molecular complexity index is 2100. The van der Waals surface area contributed by atoms with Gasteiger partial charge >= 0.3 is 6.09 Å². The molecule has 1 aromatic heterocycles. The standard InChI is InChI=1S/C43H55N5O10S/c1-2-28-24-43(28,41(52)47-59(54,55)30-19-20-30)46-38(50)34-23-29-25-48(34)40(51)36(27-12-6-7-13-27)45-42(53)58-35-18-10-14-26(35)11-4-3-5-16-32-37(56-22-21-49)31-15-8-9-17-33(31)44-39(32)57-29/h2-3,5,8-9,15,17,26-30,34-36,49H,1,4,6-7,10-14,16,18-25H2,(H,45,53)(H,46,50)(H,47,52)/t26-,28-,29-,34+,35-,36+,43-/m1/s1. The molecular weight excluding hydrogens is 779 g/mol. The van der Waals surface area contributed by atoms with Crippen molar-refractivity contribution in [1.82, 2.24) is 25.2 Å². The van der Waals surface area contributed by atoms with Gasteiger partial charge in [0.1, 0.15) is 42.2 Å². The summed E-state index contributed by atoms with van der Waals surface area (Å²) in [5.74, 6) is -1.72. The first kappa shape index (κ1) is 41.1. The predicted molar refractivity (Wildman–Crippen MR) is 217 cm³/mol. The lowest BCUT2D eigenvalue weighted by atomic mass is 9.96. The Morgan fingerprint density at radius 3 is 2.56 bits per heavy atom. The SMILES string of the molecule is C=C[C@@H]1C[C@]1(NC(=O)[C@@H]1C[C@@H]2CN1C(=O)[C@H](C1CCCC1)NC(=O)O[C@@H]1CCC[C@H]1CCC=CCc1c(nc3ccccc3c1OCCO)O2)C(=O)NS(=O)(=O)C1CC1. The zero-order valence-corrected chi connectivity index (χ0v) is 34.1. The Labute approximate surface area is 344 Å². The third kappa shape index (κ3) is 8.66. The van der Waals surface area contributed by atoms with Gasteiger partial charge in [-0.1, -0.05) is 43.2 Å². The number of alkyl carbamates (subject to hydrolysis) is 1. The van der Waals surface area contributed by atoms with E-state index in [1.165, 1.54) is 11.0 Å². The lowest BCUT2D eigenvalue weighted by Crippen LogP contribution is -2.59. The minimum atomic E-state index is -3.92. The second-order valence-corrected chi connectivity index (χ2v) is 19.0. The van der Waals surface area contributed by atoms with E-state index < -0.39 is 68.7 Å². The van der Waals surface area contributed by atoms with E-state index in [2.05, 4.69) is 28.0 Å². The minimum absolute atomic E-state index is 0.0105. The summed E-state index contributed by atoms with van der Waals surface area (Å²) < 4.78 is 46.8. The molecule has 8 rings (SSSR count). The number of nitrogens with zero attached hydrogens (tertiary/aromatic N) is 2. The molecule has 7 atom stereocenters. The van der Waals surface area contributed by atoms with Gasteiger partial charge in [-0.25, -0.2) is 18.2 Å². The molecule has 5 fully saturated rings. The number of carbonyl (C=O) groups excluding carboxylic acids is 4. The molecule has 0 unspecified atom stereocenters. The van der Waals surface area contributed by atoms with Crippen molar-refractivity contribution < 1.29 is 46.9 Å². The molecule has 3 heterocycles. The van der Waals surface area contributed by atoms with Crippen molar-refractivity contribution in [3.05, 3.63) is 54.6 Å². The van der Waals surface area contributed by atoms with Crippen molar-refractivity contribution in [3.63, 3.8) is 0 Å². The molecule has 59 heavy (non-hydrogen) atoms. The maximum Gasteiger partial charge on any atom is 0.408 e. The van der Waals surface area contributed by atoms with E-state index in [9.17, 15) is 32.7 Å². The van der Waals surface area contributed by atoms with Gasteiger partial charge in [0.2, 0.25) is 27.7 Å². The number of sulfonamides is 1. The monoisotopic (exact) mass is 833 g/mol. The maximum absolute atomic E-state index is 14.9. The van der Waals surface area contributed by atoms with Gasteiger partial charge in [-0.2, -0.15) is 0 Å². The number of aliphatic hydroxyl groups excluding tert-OH is 1. The highest BCUT2D eigenvalue weighted by molar-refractivity contribution is 7.91. The number of rotatable bonds is 10. The highest BCUT2D eigenvalue weighted by Gasteiger charge is 2.62.